The van der Waals surface area contributed by atoms with Crippen LogP contribution in [0.4, 0.5) is 0 Å². The minimum absolute atomic E-state index is 0.217. The van der Waals surface area contributed by atoms with Crippen LogP contribution in [0.15, 0.2) is 60.7 Å². The Balaban J connectivity index is 2.25. The fraction of sp³-hybridized carbons (Fsp3) is 0.417. The number of esters is 2. The molecule has 5 nitrogen and oxygen atoms in total. The molecule has 0 fully saturated rings. The van der Waals surface area contributed by atoms with Gasteiger partial charge in [0.15, 0.2) is 5.41 Å². The van der Waals surface area contributed by atoms with Crippen molar-refractivity contribution in [1.29, 1.82) is 0 Å². The van der Waals surface area contributed by atoms with E-state index in [1.165, 1.54) is 5.56 Å². The van der Waals surface area contributed by atoms with Gasteiger partial charge in [0.1, 0.15) is 0 Å². The van der Waals surface area contributed by atoms with Gasteiger partial charge in [-0.05, 0) is 51.4 Å². The van der Waals surface area contributed by atoms with Gasteiger partial charge in [-0.15, -0.1) is 0 Å². The second kappa shape index (κ2) is 11.4. The van der Waals surface area contributed by atoms with Crippen molar-refractivity contribution in [2.24, 2.45) is 5.41 Å². The summed E-state index contributed by atoms with van der Waals surface area (Å²) in [5, 5.41) is 0. The topological polar surface area (TPSA) is 55.8 Å². The van der Waals surface area contributed by atoms with Gasteiger partial charge in [0, 0.05) is 6.54 Å². The molecule has 0 heterocycles. The first-order chi connectivity index (χ1) is 14.0. The maximum Gasteiger partial charge on any atom is 0.323 e. The third-order valence-electron chi connectivity index (χ3n) is 4.90. The minimum atomic E-state index is -1.36. The van der Waals surface area contributed by atoms with Gasteiger partial charge in [0.2, 0.25) is 0 Å². The molecule has 2 aromatic rings. The molecule has 0 bridgehead atoms. The van der Waals surface area contributed by atoms with Crippen LogP contribution in [0.25, 0.3) is 0 Å². The standard InChI is InChI=1S/C24H31NO4/c1-4-28-22(26)24(23(27)29-5-2,18-20-12-8-6-9-13-20)16-17-25(3)19-21-14-10-7-11-15-21/h6-15H,4-5,16-19H2,1-3H3. The van der Waals surface area contributed by atoms with Gasteiger partial charge < -0.3 is 14.4 Å². The van der Waals surface area contributed by atoms with E-state index in [1.54, 1.807) is 13.8 Å². The highest BCUT2D eigenvalue weighted by Gasteiger charge is 2.48. The molecule has 0 N–H and O–H groups in total. The Labute approximate surface area is 173 Å². The van der Waals surface area contributed by atoms with Crippen LogP contribution in [-0.4, -0.2) is 43.6 Å². The summed E-state index contributed by atoms with van der Waals surface area (Å²) in [6.07, 6.45) is 0.577. The predicted octanol–water partition coefficient (Wildman–Crippen LogP) is 3.86. The molecular formula is C24H31NO4. The lowest BCUT2D eigenvalue weighted by atomic mass is 9.78. The van der Waals surface area contributed by atoms with Crippen LogP contribution in [0, 0.1) is 5.41 Å². The largest absolute Gasteiger partial charge is 0.465 e. The Bertz CT molecular complexity index is 743. The quantitative estimate of drug-likeness (QED) is 0.426. The van der Waals surface area contributed by atoms with Crippen LogP contribution in [0.1, 0.15) is 31.4 Å². The second-order valence-corrected chi connectivity index (χ2v) is 7.16. The van der Waals surface area contributed by atoms with Crippen molar-refractivity contribution in [3.05, 3.63) is 71.8 Å². The van der Waals surface area contributed by atoms with E-state index < -0.39 is 17.4 Å². The highest BCUT2D eigenvalue weighted by molar-refractivity contribution is 6.00. The third-order valence-corrected chi connectivity index (χ3v) is 4.90. The predicted molar refractivity (Wildman–Crippen MR) is 113 cm³/mol. The summed E-state index contributed by atoms with van der Waals surface area (Å²) in [6.45, 7) is 5.21. The Morgan fingerprint density at radius 2 is 1.31 bits per heavy atom. The van der Waals surface area contributed by atoms with Crippen LogP contribution in [-0.2, 0) is 32.0 Å². The van der Waals surface area contributed by atoms with Gasteiger partial charge in [-0.1, -0.05) is 60.7 Å². The first kappa shape index (κ1) is 22.6. The van der Waals surface area contributed by atoms with Crippen molar-refractivity contribution in [2.45, 2.75) is 33.2 Å². The Morgan fingerprint density at radius 3 is 1.79 bits per heavy atom. The Kier molecular flexibility index (Phi) is 8.87. The van der Waals surface area contributed by atoms with Gasteiger partial charge >= 0.3 is 11.9 Å². The lowest BCUT2D eigenvalue weighted by Gasteiger charge is -2.31. The number of rotatable bonds is 11. The fourth-order valence-corrected chi connectivity index (χ4v) is 3.36. The lowest BCUT2D eigenvalue weighted by molar-refractivity contribution is -0.173. The van der Waals surface area contributed by atoms with E-state index in [1.807, 2.05) is 55.6 Å². The van der Waals surface area contributed by atoms with Crippen LogP contribution >= 0.6 is 0 Å². The van der Waals surface area contributed by atoms with Crippen molar-refractivity contribution < 1.29 is 19.1 Å². The zero-order chi connectivity index (χ0) is 21.1. The molecule has 0 aromatic heterocycles. The Hall–Kier alpha value is -2.66. The van der Waals surface area contributed by atoms with Gasteiger partial charge in [-0.2, -0.15) is 0 Å². The smallest absolute Gasteiger partial charge is 0.323 e. The van der Waals surface area contributed by atoms with Crippen LogP contribution in [0.3, 0.4) is 0 Å². The number of nitrogens with zero attached hydrogens (tertiary/aromatic N) is 1. The average molecular weight is 398 g/mol. The maximum absolute atomic E-state index is 13.0. The first-order valence-corrected chi connectivity index (χ1v) is 10.1. The third kappa shape index (κ3) is 6.43. The molecule has 0 saturated carbocycles. The van der Waals surface area contributed by atoms with Crippen molar-refractivity contribution in [1.82, 2.24) is 4.90 Å². The zero-order valence-corrected chi connectivity index (χ0v) is 17.6. The van der Waals surface area contributed by atoms with Crippen LogP contribution in [0.5, 0.6) is 0 Å². The molecule has 156 valence electrons. The van der Waals surface area contributed by atoms with Crippen LogP contribution < -0.4 is 0 Å². The first-order valence-electron chi connectivity index (χ1n) is 10.1. The molecule has 0 atom stereocenters. The summed E-state index contributed by atoms with van der Waals surface area (Å²) in [6, 6.07) is 19.6. The van der Waals surface area contributed by atoms with Gasteiger partial charge in [-0.3, -0.25) is 9.59 Å². The van der Waals surface area contributed by atoms with E-state index in [9.17, 15) is 9.59 Å². The lowest BCUT2D eigenvalue weighted by Crippen LogP contribution is -2.46. The molecule has 2 rings (SSSR count). The maximum atomic E-state index is 13.0. The summed E-state index contributed by atoms with van der Waals surface area (Å²) in [4.78, 5) is 28.1. The van der Waals surface area contributed by atoms with E-state index in [4.69, 9.17) is 9.47 Å². The van der Waals surface area contributed by atoms with E-state index in [-0.39, 0.29) is 19.6 Å². The summed E-state index contributed by atoms with van der Waals surface area (Å²) in [7, 11) is 1.98. The fourth-order valence-electron chi connectivity index (χ4n) is 3.36. The highest BCUT2D eigenvalue weighted by atomic mass is 16.6. The van der Waals surface area contributed by atoms with Crippen molar-refractivity contribution in [2.75, 3.05) is 26.8 Å². The zero-order valence-electron chi connectivity index (χ0n) is 17.6. The van der Waals surface area contributed by atoms with E-state index in [2.05, 4.69) is 17.0 Å². The van der Waals surface area contributed by atoms with Crippen molar-refractivity contribution >= 4 is 11.9 Å². The van der Waals surface area contributed by atoms with Crippen LogP contribution in [0.2, 0.25) is 0 Å². The van der Waals surface area contributed by atoms with Crippen molar-refractivity contribution in [3.63, 3.8) is 0 Å². The Morgan fingerprint density at radius 1 is 0.828 bits per heavy atom. The summed E-state index contributed by atoms with van der Waals surface area (Å²) >= 11 is 0. The average Bonchev–Trinajstić information content (AvgIpc) is 2.73. The molecule has 0 amide bonds. The number of hydrogen-bond donors (Lipinski definition) is 0. The minimum Gasteiger partial charge on any atom is -0.465 e. The molecular weight excluding hydrogens is 366 g/mol. The molecule has 0 spiro atoms. The van der Waals surface area contributed by atoms with E-state index in [0.29, 0.717) is 13.0 Å². The molecule has 5 heteroatoms. The molecule has 0 unspecified atom stereocenters. The number of carbonyl (C=O) groups excluding carboxylic acids is 2. The highest BCUT2D eigenvalue weighted by Crippen LogP contribution is 2.32. The van der Waals surface area contributed by atoms with Gasteiger partial charge in [0.25, 0.3) is 0 Å². The number of carbonyl (C=O) groups is 2. The molecule has 0 aliphatic carbocycles. The van der Waals surface area contributed by atoms with E-state index in [0.717, 1.165) is 12.1 Å². The summed E-state index contributed by atoms with van der Waals surface area (Å²) in [5.41, 5.74) is 0.716. The number of ether oxygens (including phenoxy) is 2. The summed E-state index contributed by atoms with van der Waals surface area (Å²) < 4.78 is 10.7. The normalized spacial score (nSPS) is 11.3. The van der Waals surface area contributed by atoms with Crippen molar-refractivity contribution in [3.8, 4) is 0 Å². The molecule has 0 radical (unpaired) electrons. The molecule has 29 heavy (non-hydrogen) atoms. The second-order valence-electron chi connectivity index (χ2n) is 7.16. The number of hydrogen-bond acceptors (Lipinski definition) is 5. The van der Waals surface area contributed by atoms with E-state index >= 15 is 0 Å². The van der Waals surface area contributed by atoms with Gasteiger partial charge in [-0.25, -0.2) is 0 Å². The SMILES string of the molecule is CCOC(=O)C(CCN(C)Cc1ccccc1)(Cc1ccccc1)C(=O)OCC. The molecule has 2 aromatic carbocycles. The number of benzene rings is 2. The summed E-state index contributed by atoms with van der Waals surface area (Å²) in [5.74, 6) is -1.04. The molecule has 0 aliphatic heterocycles. The monoisotopic (exact) mass is 397 g/mol. The molecule has 0 aliphatic rings. The van der Waals surface area contributed by atoms with Gasteiger partial charge in [0.05, 0.1) is 13.2 Å². The molecule has 0 saturated heterocycles.